The maximum atomic E-state index is 11.2. The molecule has 2 aliphatic rings. The number of pyridine rings is 1. The normalized spacial score (nSPS) is 25.7. The Hall–Kier alpha value is -1.58. The van der Waals surface area contributed by atoms with Gasteiger partial charge in [-0.1, -0.05) is 64.4 Å². The number of aromatic nitrogens is 1. The number of hydrogen-bond donors (Lipinski definition) is 2. The van der Waals surface area contributed by atoms with E-state index < -0.39 is 0 Å². The van der Waals surface area contributed by atoms with Gasteiger partial charge in [0.1, 0.15) is 0 Å². The van der Waals surface area contributed by atoms with Crippen molar-refractivity contribution in [2.45, 2.75) is 97.7 Å². The van der Waals surface area contributed by atoms with Crippen LogP contribution in [0.25, 0.3) is 22.2 Å². The summed E-state index contributed by atoms with van der Waals surface area (Å²) in [4.78, 5) is 4.61. The molecule has 209 valence electrons. The smallest absolute Gasteiger partial charge is 0.0651 e. The summed E-state index contributed by atoms with van der Waals surface area (Å²) in [6.45, 7) is 8.86. The molecule has 2 aromatic carbocycles. The maximum Gasteiger partial charge on any atom is 0.0651 e. The van der Waals surface area contributed by atoms with Crippen LogP contribution in [0.2, 0.25) is 0 Å². The van der Waals surface area contributed by atoms with Crippen molar-refractivity contribution in [3.63, 3.8) is 0 Å². The minimum atomic E-state index is -0.326. The third kappa shape index (κ3) is 6.09. The predicted octanol–water partition coefficient (Wildman–Crippen LogP) is 8.23. The largest absolute Gasteiger partial charge is 0.392 e. The average molecular weight is 693 g/mol. The van der Waals surface area contributed by atoms with Gasteiger partial charge in [-0.15, -0.1) is 35.9 Å². The van der Waals surface area contributed by atoms with Crippen molar-refractivity contribution >= 4 is 10.9 Å². The van der Waals surface area contributed by atoms with Crippen molar-refractivity contribution in [2.75, 3.05) is 0 Å². The Morgan fingerprint density at radius 1 is 0.789 bits per heavy atom. The van der Waals surface area contributed by atoms with E-state index >= 15 is 0 Å². The third-order valence-corrected chi connectivity index (χ3v) is 10.2. The molecule has 4 unspecified atom stereocenters. The van der Waals surface area contributed by atoms with Crippen LogP contribution in [0.5, 0.6) is 0 Å². The summed E-state index contributed by atoms with van der Waals surface area (Å²) in [6, 6.07) is 23.4. The molecular formula is C34H46IrNO2-. The summed E-state index contributed by atoms with van der Waals surface area (Å²) in [6.07, 6.45) is 9.37. The Morgan fingerprint density at radius 3 is 2.05 bits per heavy atom. The van der Waals surface area contributed by atoms with Crippen LogP contribution in [-0.2, 0) is 20.1 Å². The first-order valence-electron chi connectivity index (χ1n) is 14.6. The Morgan fingerprint density at radius 2 is 1.42 bits per heavy atom. The molecule has 38 heavy (non-hydrogen) atoms. The van der Waals surface area contributed by atoms with Gasteiger partial charge < -0.3 is 10.2 Å². The fraction of sp³-hybridized carbons (Fsp3) is 0.559. The molecule has 2 aliphatic carbocycles. The standard InChI is InChI=1S/C19H36O2.C15H10N.Ir/c1-5-18(6-2)12-9-10-14-11-13-19(7-3,8-4)17(21)15(14)16(18)20;1-2-6-12(7-3-1)15-11-10-13-8-4-5-9-14(13)16-15;/h14-17,20-21H,5-13H2,1-4H3;1-6,8-11H;/q;-1;. The Bertz CT molecular complexity index is 1130. The molecule has 2 N–H and O–H groups in total. The molecule has 0 aliphatic heterocycles. The van der Waals surface area contributed by atoms with E-state index in [0.29, 0.717) is 5.92 Å². The van der Waals surface area contributed by atoms with Crippen molar-refractivity contribution < 1.29 is 30.3 Å². The fourth-order valence-corrected chi connectivity index (χ4v) is 7.33. The fourth-order valence-electron chi connectivity index (χ4n) is 7.33. The zero-order chi connectivity index (χ0) is 26.5. The van der Waals surface area contributed by atoms with Crippen LogP contribution in [0.3, 0.4) is 0 Å². The summed E-state index contributed by atoms with van der Waals surface area (Å²) in [7, 11) is 0. The molecule has 0 bridgehead atoms. The maximum absolute atomic E-state index is 11.2. The number of nitrogens with zero attached hydrogens (tertiary/aromatic N) is 1. The molecule has 3 nitrogen and oxygen atoms in total. The first-order chi connectivity index (χ1) is 17.9. The molecule has 1 aromatic heterocycles. The van der Waals surface area contributed by atoms with E-state index in [2.05, 4.69) is 50.9 Å². The van der Waals surface area contributed by atoms with Crippen molar-refractivity contribution in [2.24, 2.45) is 22.7 Å². The molecule has 2 saturated carbocycles. The van der Waals surface area contributed by atoms with Gasteiger partial charge in [0.05, 0.1) is 17.7 Å². The molecule has 0 saturated heterocycles. The first-order valence-corrected chi connectivity index (χ1v) is 14.6. The second-order valence-electron chi connectivity index (χ2n) is 11.5. The Balaban J connectivity index is 0.000000211. The molecule has 5 rings (SSSR count). The molecule has 1 radical (unpaired) electrons. The quantitative estimate of drug-likeness (QED) is 0.265. The molecule has 4 atom stereocenters. The van der Waals surface area contributed by atoms with Crippen molar-refractivity contribution in [3.8, 4) is 11.3 Å². The number of benzene rings is 2. The number of fused-ring (bicyclic) bond motifs is 2. The van der Waals surface area contributed by atoms with E-state index in [1.54, 1.807) is 0 Å². The minimum absolute atomic E-state index is 0. The monoisotopic (exact) mass is 693 g/mol. The van der Waals surface area contributed by atoms with Gasteiger partial charge >= 0.3 is 0 Å². The molecule has 1 heterocycles. The zero-order valence-electron chi connectivity index (χ0n) is 23.6. The van der Waals surface area contributed by atoms with E-state index in [1.807, 2.05) is 48.5 Å². The zero-order valence-corrected chi connectivity index (χ0v) is 26.0. The van der Waals surface area contributed by atoms with E-state index in [0.717, 1.165) is 55.3 Å². The molecule has 4 heteroatoms. The van der Waals surface area contributed by atoms with Crippen LogP contribution in [0.4, 0.5) is 0 Å². The summed E-state index contributed by atoms with van der Waals surface area (Å²) in [5.41, 5.74) is 3.11. The van der Waals surface area contributed by atoms with Crippen molar-refractivity contribution in [1.29, 1.82) is 0 Å². The number of rotatable bonds is 5. The predicted molar refractivity (Wildman–Crippen MR) is 154 cm³/mol. The van der Waals surface area contributed by atoms with Gasteiger partial charge in [0.25, 0.3) is 0 Å². The second kappa shape index (κ2) is 13.7. The van der Waals surface area contributed by atoms with Crippen LogP contribution < -0.4 is 0 Å². The molecule has 3 aromatic rings. The Kier molecular flexibility index (Phi) is 11.1. The van der Waals surface area contributed by atoms with Crippen LogP contribution in [0.1, 0.15) is 85.5 Å². The van der Waals surface area contributed by atoms with E-state index in [1.165, 1.54) is 24.6 Å². The van der Waals surface area contributed by atoms with Gasteiger partial charge in [-0.2, -0.15) is 0 Å². The van der Waals surface area contributed by atoms with Gasteiger partial charge in [-0.3, -0.25) is 4.98 Å². The molecule has 2 fully saturated rings. The number of hydrogen-bond acceptors (Lipinski definition) is 3. The van der Waals surface area contributed by atoms with Crippen LogP contribution in [0, 0.1) is 28.7 Å². The van der Waals surface area contributed by atoms with Gasteiger partial charge in [0, 0.05) is 26.0 Å². The summed E-state index contributed by atoms with van der Waals surface area (Å²) < 4.78 is 0. The van der Waals surface area contributed by atoms with Gasteiger partial charge in [-0.05, 0) is 85.3 Å². The summed E-state index contributed by atoms with van der Waals surface area (Å²) in [5.74, 6) is 0.627. The van der Waals surface area contributed by atoms with Gasteiger partial charge in [-0.25, -0.2) is 0 Å². The SMILES string of the molecule is CCC1(CC)CCCC2CCC(CC)(CC)C(O)C2C1O.[Ir].[c-]1ccccc1-c1ccc2ccccc2n1. The van der Waals surface area contributed by atoms with E-state index in [9.17, 15) is 10.2 Å². The number of para-hydroxylation sites is 1. The second-order valence-corrected chi connectivity index (χ2v) is 11.5. The van der Waals surface area contributed by atoms with E-state index in [4.69, 9.17) is 0 Å². The van der Waals surface area contributed by atoms with Gasteiger partial charge in [0.15, 0.2) is 0 Å². The molecular weight excluding hydrogens is 647 g/mol. The topological polar surface area (TPSA) is 53.4 Å². The van der Waals surface area contributed by atoms with Crippen molar-refractivity contribution in [1.82, 2.24) is 4.98 Å². The Labute approximate surface area is 243 Å². The molecule has 0 spiro atoms. The van der Waals surface area contributed by atoms with Crippen molar-refractivity contribution in [3.05, 3.63) is 66.7 Å². The molecule has 0 amide bonds. The van der Waals surface area contributed by atoms with Gasteiger partial charge in [0.2, 0.25) is 0 Å². The minimum Gasteiger partial charge on any atom is -0.392 e. The summed E-state index contributed by atoms with van der Waals surface area (Å²) >= 11 is 0. The average Bonchev–Trinajstić information content (AvgIpc) is 3.10. The third-order valence-electron chi connectivity index (χ3n) is 10.2. The van der Waals surface area contributed by atoms with Crippen LogP contribution >= 0.6 is 0 Å². The summed E-state index contributed by atoms with van der Waals surface area (Å²) in [5, 5.41) is 23.6. The number of aliphatic hydroxyl groups excluding tert-OH is 2. The van der Waals surface area contributed by atoms with E-state index in [-0.39, 0.29) is 49.1 Å². The first kappa shape index (κ1) is 31.0. The number of aliphatic hydroxyl groups is 2. The van der Waals surface area contributed by atoms with Crippen LogP contribution in [-0.4, -0.2) is 27.4 Å². The van der Waals surface area contributed by atoms with Crippen LogP contribution in [0.15, 0.2) is 60.7 Å².